The Morgan fingerprint density at radius 2 is 1.94 bits per heavy atom. The number of unbranched alkanes of at least 4 members (excludes halogenated alkanes) is 2. The first-order chi connectivity index (χ1) is 16.6. The molecule has 0 aromatic carbocycles. The van der Waals surface area contributed by atoms with Gasteiger partial charge in [0.1, 0.15) is 5.82 Å². The molecule has 1 aliphatic heterocycles. The second-order valence-corrected chi connectivity index (χ2v) is 8.36. The van der Waals surface area contributed by atoms with Crippen molar-refractivity contribution in [3.05, 3.63) is 42.4 Å². The summed E-state index contributed by atoms with van der Waals surface area (Å²) in [6.45, 7) is 6.18. The van der Waals surface area contributed by atoms with E-state index in [2.05, 4.69) is 42.5 Å². The van der Waals surface area contributed by atoms with Crippen LogP contribution in [0.1, 0.15) is 38.3 Å². The summed E-state index contributed by atoms with van der Waals surface area (Å²) in [7, 11) is 0. The van der Waals surface area contributed by atoms with Crippen LogP contribution in [0.5, 0.6) is 0 Å². The highest BCUT2D eigenvalue weighted by Gasteiger charge is 2.21. The third kappa shape index (κ3) is 7.92. The zero-order valence-corrected chi connectivity index (χ0v) is 19.6. The van der Waals surface area contributed by atoms with E-state index in [9.17, 15) is 14.8 Å². The van der Waals surface area contributed by atoms with Crippen LogP contribution in [-0.2, 0) is 16.1 Å². The number of amides is 2. The molecule has 34 heavy (non-hydrogen) atoms. The van der Waals surface area contributed by atoms with Gasteiger partial charge in [-0.25, -0.2) is 20.0 Å². The lowest BCUT2D eigenvalue weighted by Crippen LogP contribution is -2.46. The molecule has 0 radical (unpaired) electrons. The van der Waals surface area contributed by atoms with Gasteiger partial charge in [-0.2, -0.15) is 0 Å². The number of carbonyl (C=O) groups is 2. The molecule has 0 saturated carbocycles. The molecular formula is C23H34N8O3. The Labute approximate surface area is 200 Å². The lowest BCUT2D eigenvalue weighted by Gasteiger charge is -2.34. The molecule has 2 aromatic heterocycles. The lowest BCUT2D eigenvalue weighted by atomic mass is 10.0. The van der Waals surface area contributed by atoms with Gasteiger partial charge < -0.3 is 4.90 Å². The molecule has 1 saturated heterocycles. The molecule has 1 atom stereocenters. The summed E-state index contributed by atoms with van der Waals surface area (Å²) < 4.78 is 0. The van der Waals surface area contributed by atoms with Gasteiger partial charge in [-0.3, -0.25) is 30.5 Å². The predicted octanol–water partition coefficient (Wildman–Crippen LogP) is 1.68. The van der Waals surface area contributed by atoms with E-state index in [-0.39, 0.29) is 12.5 Å². The average molecular weight is 471 g/mol. The van der Waals surface area contributed by atoms with Gasteiger partial charge in [0, 0.05) is 45.1 Å². The summed E-state index contributed by atoms with van der Waals surface area (Å²) in [5.41, 5.74) is 6.44. The first-order valence-electron chi connectivity index (χ1n) is 11.8. The summed E-state index contributed by atoms with van der Waals surface area (Å²) >= 11 is 0. The van der Waals surface area contributed by atoms with E-state index in [1.807, 2.05) is 18.2 Å². The predicted molar refractivity (Wildman–Crippen MR) is 128 cm³/mol. The topological polar surface area (TPSA) is 127 Å². The molecule has 2 amide bonds. The monoisotopic (exact) mass is 470 g/mol. The van der Waals surface area contributed by atoms with Gasteiger partial charge in [-0.1, -0.05) is 32.3 Å². The van der Waals surface area contributed by atoms with E-state index < -0.39 is 5.92 Å². The van der Waals surface area contributed by atoms with Crippen LogP contribution >= 0.6 is 0 Å². The minimum absolute atomic E-state index is 0.0474. The Morgan fingerprint density at radius 3 is 2.65 bits per heavy atom. The van der Waals surface area contributed by atoms with Crippen LogP contribution in [0.25, 0.3) is 0 Å². The molecule has 184 valence electrons. The number of rotatable bonds is 13. The van der Waals surface area contributed by atoms with E-state index in [0.717, 1.165) is 57.1 Å². The minimum atomic E-state index is -0.512. The number of anilines is 2. The van der Waals surface area contributed by atoms with Crippen molar-refractivity contribution in [2.45, 2.75) is 39.2 Å². The van der Waals surface area contributed by atoms with Crippen molar-refractivity contribution in [2.24, 2.45) is 5.92 Å². The Balaban J connectivity index is 1.48. The van der Waals surface area contributed by atoms with E-state index in [1.54, 1.807) is 18.5 Å². The third-order valence-electron chi connectivity index (χ3n) is 5.77. The van der Waals surface area contributed by atoms with E-state index >= 15 is 0 Å². The Bertz CT molecular complexity index is 893. The van der Waals surface area contributed by atoms with Crippen molar-refractivity contribution in [3.63, 3.8) is 0 Å². The fraction of sp³-hybridized carbons (Fsp3) is 0.522. The van der Waals surface area contributed by atoms with Crippen LogP contribution in [-0.4, -0.2) is 75.2 Å². The van der Waals surface area contributed by atoms with Gasteiger partial charge in [-0.15, -0.1) is 0 Å². The smallest absolute Gasteiger partial charge is 0.243 e. The molecule has 3 N–H and O–H groups in total. The van der Waals surface area contributed by atoms with Crippen molar-refractivity contribution in [1.82, 2.24) is 30.3 Å². The van der Waals surface area contributed by atoms with E-state index in [4.69, 9.17) is 0 Å². The SMILES string of the molecule is CCCCC[C@H](CN(O)C=O)C(=O)NNc1cccc(CN2CCN(c3ncccn3)CC2)n1. The number of nitrogens with zero attached hydrogens (tertiary/aromatic N) is 6. The second kappa shape index (κ2) is 13.4. The van der Waals surface area contributed by atoms with Crippen LogP contribution in [0.2, 0.25) is 0 Å². The van der Waals surface area contributed by atoms with Crippen molar-refractivity contribution >= 4 is 24.1 Å². The first kappa shape index (κ1) is 25.3. The van der Waals surface area contributed by atoms with Gasteiger partial charge in [0.25, 0.3) is 0 Å². The van der Waals surface area contributed by atoms with Crippen LogP contribution in [0.15, 0.2) is 36.7 Å². The standard InChI is InChI=1S/C23H34N8O3/c1-2-3-4-7-19(16-31(34)18-32)22(33)28-27-21-9-5-8-20(26-21)17-29-12-14-30(15-13-29)23-24-10-6-11-25-23/h5-6,8-11,18-19,34H,2-4,7,12-17H2,1H3,(H,26,27)(H,28,33)/t19-/m1/s1. The van der Waals surface area contributed by atoms with Crippen molar-refractivity contribution in [2.75, 3.05) is 43.0 Å². The van der Waals surface area contributed by atoms with E-state index in [1.165, 1.54) is 0 Å². The van der Waals surface area contributed by atoms with Crippen LogP contribution in [0, 0.1) is 5.92 Å². The maximum Gasteiger partial charge on any atom is 0.243 e. The molecule has 0 bridgehead atoms. The highest BCUT2D eigenvalue weighted by Crippen LogP contribution is 2.14. The molecular weight excluding hydrogens is 436 g/mol. The number of piperazine rings is 1. The number of hydroxylamine groups is 2. The molecule has 11 nitrogen and oxygen atoms in total. The van der Waals surface area contributed by atoms with Crippen molar-refractivity contribution in [3.8, 4) is 0 Å². The zero-order chi connectivity index (χ0) is 24.2. The number of pyridine rings is 1. The molecule has 0 aliphatic carbocycles. The second-order valence-electron chi connectivity index (χ2n) is 8.36. The minimum Gasteiger partial charge on any atom is -0.338 e. The highest BCUT2D eigenvalue weighted by atomic mass is 16.5. The number of hydrogen-bond acceptors (Lipinski definition) is 9. The van der Waals surface area contributed by atoms with Crippen molar-refractivity contribution in [1.29, 1.82) is 0 Å². The first-order valence-corrected chi connectivity index (χ1v) is 11.8. The molecule has 0 spiro atoms. The van der Waals surface area contributed by atoms with Gasteiger partial charge in [0.2, 0.25) is 18.3 Å². The normalized spacial score (nSPS) is 14.9. The third-order valence-corrected chi connectivity index (χ3v) is 5.77. The quantitative estimate of drug-likeness (QED) is 0.173. The van der Waals surface area contributed by atoms with Crippen LogP contribution in [0.3, 0.4) is 0 Å². The number of hydrogen-bond donors (Lipinski definition) is 3. The van der Waals surface area contributed by atoms with Gasteiger partial charge >= 0.3 is 0 Å². The number of hydrazine groups is 1. The molecule has 2 aromatic rings. The summed E-state index contributed by atoms with van der Waals surface area (Å²) in [6.07, 6.45) is 7.26. The van der Waals surface area contributed by atoms with Crippen molar-refractivity contribution < 1.29 is 14.8 Å². The van der Waals surface area contributed by atoms with Crippen LogP contribution < -0.4 is 15.8 Å². The molecule has 1 fully saturated rings. The molecule has 3 rings (SSSR count). The van der Waals surface area contributed by atoms with E-state index in [0.29, 0.717) is 30.3 Å². The largest absolute Gasteiger partial charge is 0.338 e. The molecule has 11 heteroatoms. The fourth-order valence-electron chi connectivity index (χ4n) is 3.87. The Hall–Kier alpha value is -3.31. The fourth-order valence-corrected chi connectivity index (χ4v) is 3.87. The molecule has 1 aliphatic rings. The lowest BCUT2D eigenvalue weighted by molar-refractivity contribution is -0.154. The van der Waals surface area contributed by atoms with Crippen LogP contribution in [0.4, 0.5) is 11.8 Å². The molecule has 0 unspecified atom stereocenters. The summed E-state index contributed by atoms with van der Waals surface area (Å²) in [5, 5.41) is 10.0. The average Bonchev–Trinajstić information content (AvgIpc) is 2.88. The van der Waals surface area contributed by atoms with Gasteiger partial charge in [0.05, 0.1) is 18.2 Å². The van der Waals surface area contributed by atoms with Gasteiger partial charge in [-0.05, 0) is 24.6 Å². The highest BCUT2D eigenvalue weighted by molar-refractivity contribution is 5.80. The number of carbonyl (C=O) groups excluding carboxylic acids is 2. The Kier molecular flexibility index (Phi) is 9.98. The summed E-state index contributed by atoms with van der Waals surface area (Å²) in [6, 6.07) is 7.45. The number of nitrogens with one attached hydrogen (secondary N) is 2. The number of aromatic nitrogens is 3. The Morgan fingerprint density at radius 1 is 1.18 bits per heavy atom. The zero-order valence-electron chi connectivity index (χ0n) is 19.6. The van der Waals surface area contributed by atoms with Gasteiger partial charge in [0.15, 0.2) is 0 Å². The molecule has 3 heterocycles. The maximum atomic E-state index is 12.6. The maximum absolute atomic E-state index is 12.6. The summed E-state index contributed by atoms with van der Waals surface area (Å²) in [5.74, 6) is 0.490. The summed E-state index contributed by atoms with van der Waals surface area (Å²) in [4.78, 5) is 41.1.